The molecule has 1 fully saturated rings. The average Bonchev–Trinajstić information content (AvgIpc) is 3.00. The number of nitrogens with two attached hydrogens (primary N) is 2. The van der Waals surface area contributed by atoms with Gasteiger partial charge < -0.3 is 16.2 Å². The smallest absolute Gasteiger partial charge is 0.329 e. The summed E-state index contributed by atoms with van der Waals surface area (Å²) in [6, 6.07) is 13.3. The predicted molar refractivity (Wildman–Crippen MR) is 117 cm³/mol. The van der Waals surface area contributed by atoms with Crippen molar-refractivity contribution in [1.29, 1.82) is 0 Å². The Labute approximate surface area is 178 Å². The molecule has 0 bridgehead atoms. The fourth-order valence-electron chi connectivity index (χ4n) is 3.53. The Morgan fingerprint density at radius 3 is 2.33 bits per heavy atom. The van der Waals surface area contributed by atoms with Crippen LogP contribution >= 0.6 is 0 Å². The van der Waals surface area contributed by atoms with E-state index in [4.69, 9.17) is 16.2 Å². The Balaban J connectivity index is 1.61. The SMILES string of the molecule is CC(C)(C)OC(=O)C(NCc1ccc(CN2CC(N)C(N)C2)cc1)c1ccccn1. The molecule has 1 aromatic carbocycles. The van der Waals surface area contributed by atoms with E-state index < -0.39 is 11.6 Å². The first-order valence-electron chi connectivity index (χ1n) is 10.4. The van der Waals surface area contributed by atoms with Crippen molar-refractivity contribution in [3.8, 4) is 0 Å². The number of nitrogens with one attached hydrogen (secondary N) is 1. The maximum atomic E-state index is 12.7. The molecule has 0 spiro atoms. The number of hydrogen-bond donors (Lipinski definition) is 3. The molecular formula is C23H33N5O2. The van der Waals surface area contributed by atoms with Gasteiger partial charge in [-0.2, -0.15) is 0 Å². The van der Waals surface area contributed by atoms with Gasteiger partial charge >= 0.3 is 5.97 Å². The monoisotopic (exact) mass is 411 g/mol. The highest BCUT2D eigenvalue weighted by Gasteiger charge is 2.28. The minimum Gasteiger partial charge on any atom is -0.459 e. The first-order chi connectivity index (χ1) is 14.2. The van der Waals surface area contributed by atoms with Crippen LogP contribution in [0.4, 0.5) is 0 Å². The molecule has 1 aliphatic heterocycles. The van der Waals surface area contributed by atoms with Crippen LogP contribution in [0.5, 0.6) is 0 Å². The Kier molecular flexibility index (Phi) is 7.20. The lowest BCUT2D eigenvalue weighted by Gasteiger charge is -2.24. The van der Waals surface area contributed by atoms with Gasteiger partial charge in [0.2, 0.25) is 0 Å². The maximum Gasteiger partial charge on any atom is 0.329 e. The quantitative estimate of drug-likeness (QED) is 0.596. The zero-order chi connectivity index (χ0) is 21.7. The topological polar surface area (TPSA) is 106 Å². The van der Waals surface area contributed by atoms with E-state index in [1.165, 1.54) is 5.56 Å². The Morgan fingerprint density at radius 1 is 1.13 bits per heavy atom. The van der Waals surface area contributed by atoms with Crippen LogP contribution in [0, 0.1) is 0 Å². The molecule has 2 aromatic rings. The number of ether oxygens (including phenoxy) is 1. The van der Waals surface area contributed by atoms with Gasteiger partial charge in [-0.3, -0.25) is 15.2 Å². The number of aromatic nitrogens is 1. The third-order valence-corrected chi connectivity index (χ3v) is 5.05. The van der Waals surface area contributed by atoms with E-state index in [1.54, 1.807) is 6.20 Å². The van der Waals surface area contributed by atoms with E-state index in [0.29, 0.717) is 12.2 Å². The number of carbonyl (C=O) groups excluding carboxylic acids is 1. The fraction of sp³-hybridized carbons (Fsp3) is 0.478. The molecule has 0 saturated carbocycles. The van der Waals surface area contributed by atoms with Crippen LogP contribution in [0.2, 0.25) is 0 Å². The third kappa shape index (κ3) is 6.34. The molecule has 7 heteroatoms. The zero-order valence-electron chi connectivity index (χ0n) is 18.0. The second-order valence-electron chi connectivity index (χ2n) is 8.94. The second-order valence-corrected chi connectivity index (χ2v) is 8.94. The lowest BCUT2D eigenvalue weighted by molar-refractivity contribution is -0.157. The summed E-state index contributed by atoms with van der Waals surface area (Å²) in [6.45, 7) is 8.60. The van der Waals surface area contributed by atoms with Crippen molar-refractivity contribution in [2.24, 2.45) is 11.5 Å². The summed E-state index contributed by atoms with van der Waals surface area (Å²) in [6.07, 6.45) is 1.68. The molecule has 30 heavy (non-hydrogen) atoms. The minimum atomic E-state index is -0.627. The van der Waals surface area contributed by atoms with Crippen molar-refractivity contribution >= 4 is 5.97 Å². The van der Waals surface area contributed by atoms with Crippen LogP contribution in [0.1, 0.15) is 43.6 Å². The normalized spacial score (nSPS) is 20.8. The molecule has 0 radical (unpaired) electrons. The lowest BCUT2D eigenvalue weighted by Crippen LogP contribution is -2.39. The van der Waals surface area contributed by atoms with E-state index in [1.807, 2.05) is 39.0 Å². The minimum absolute atomic E-state index is 0.0462. The summed E-state index contributed by atoms with van der Waals surface area (Å²) < 4.78 is 5.59. The highest BCUT2D eigenvalue weighted by atomic mass is 16.6. The number of rotatable bonds is 7. The van der Waals surface area contributed by atoms with Gasteiger partial charge in [0.1, 0.15) is 11.6 Å². The fourth-order valence-corrected chi connectivity index (χ4v) is 3.53. The summed E-state index contributed by atoms with van der Waals surface area (Å²) in [7, 11) is 0. The van der Waals surface area contributed by atoms with Crippen molar-refractivity contribution in [3.05, 3.63) is 65.5 Å². The molecule has 3 atom stereocenters. The van der Waals surface area contributed by atoms with Crippen molar-refractivity contribution in [2.45, 2.75) is 57.6 Å². The molecule has 1 aromatic heterocycles. The van der Waals surface area contributed by atoms with E-state index in [-0.39, 0.29) is 18.1 Å². The van der Waals surface area contributed by atoms with Crippen LogP contribution in [0.15, 0.2) is 48.7 Å². The van der Waals surface area contributed by atoms with Gasteiger partial charge in [0.15, 0.2) is 0 Å². The summed E-state index contributed by atoms with van der Waals surface area (Å²) in [5.74, 6) is -0.334. The summed E-state index contributed by atoms with van der Waals surface area (Å²) in [5.41, 5.74) is 14.4. The van der Waals surface area contributed by atoms with Crippen molar-refractivity contribution in [2.75, 3.05) is 13.1 Å². The van der Waals surface area contributed by atoms with E-state index in [2.05, 4.69) is 39.5 Å². The van der Waals surface area contributed by atoms with Gasteiger partial charge in [-0.1, -0.05) is 30.3 Å². The Bertz CT molecular complexity index is 810. The van der Waals surface area contributed by atoms with Gasteiger partial charge in [-0.05, 0) is 44.0 Å². The Hall–Kier alpha value is -2.32. The second kappa shape index (κ2) is 9.66. The molecular weight excluding hydrogens is 378 g/mol. The van der Waals surface area contributed by atoms with Crippen LogP contribution in [-0.4, -0.2) is 46.6 Å². The number of likely N-dealkylation sites (tertiary alicyclic amines) is 1. The van der Waals surface area contributed by atoms with Crippen LogP contribution in [0.3, 0.4) is 0 Å². The van der Waals surface area contributed by atoms with Crippen molar-refractivity contribution in [1.82, 2.24) is 15.2 Å². The van der Waals surface area contributed by atoms with E-state index in [0.717, 1.165) is 25.2 Å². The maximum absolute atomic E-state index is 12.7. The summed E-state index contributed by atoms with van der Waals surface area (Å²) >= 11 is 0. The summed E-state index contributed by atoms with van der Waals surface area (Å²) in [4.78, 5) is 19.3. The molecule has 1 aliphatic rings. The van der Waals surface area contributed by atoms with Crippen LogP contribution in [0.25, 0.3) is 0 Å². The summed E-state index contributed by atoms with van der Waals surface area (Å²) in [5, 5.41) is 3.30. The Morgan fingerprint density at radius 2 is 1.77 bits per heavy atom. The van der Waals surface area contributed by atoms with Gasteiger partial charge in [-0.25, -0.2) is 4.79 Å². The van der Waals surface area contributed by atoms with E-state index >= 15 is 0 Å². The van der Waals surface area contributed by atoms with Crippen LogP contribution in [-0.2, 0) is 22.6 Å². The molecule has 3 unspecified atom stereocenters. The standard InChI is InChI=1S/C23H33N5O2/c1-23(2,3)30-22(29)21(20-6-4-5-11-26-20)27-12-16-7-9-17(10-8-16)13-28-14-18(24)19(25)15-28/h4-11,18-19,21,27H,12-15,24-25H2,1-3H3. The first kappa shape index (κ1) is 22.4. The third-order valence-electron chi connectivity index (χ3n) is 5.05. The molecule has 2 heterocycles. The zero-order valence-corrected chi connectivity index (χ0v) is 18.0. The molecule has 5 N–H and O–H groups in total. The predicted octanol–water partition coefficient (Wildman–Crippen LogP) is 1.72. The lowest BCUT2D eigenvalue weighted by atomic mass is 10.1. The van der Waals surface area contributed by atoms with Gasteiger partial charge in [0.25, 0.3) is 0 Å². The number of pyridine rings is 1. The number of hydrogen-bond acceptors (Lipinski definition) is 7. The molecule has 162 valence electrons. The molecule has 3 rings (SSSR count). The highest BCUT2D eigenvalue weighted by molar-refractivity contribution is 5.77. The van der Waals surface area contributed by atoms with E-state index in [9.17, 15) is 4.79 Å². The largest absolute Gasteiger partial charge is 0.459 e. The molecule has 7 nitrogen and oxygen atoms in total. The van der Waals surface area contributed by atoms with Gasteiger partial charge in [-0.15, -0.1) is 0 Å². The molecule has 1 saturated heterocycles. The number of nitrogens with zero attached hydrogens (tertiary/aromatic N) is 2. The first-order valence-corrected chi connectivity index (χ1v) is 10.4. The number of carbonyl (C=O) groups is 1. The molecule has 0 aliphatic carbocycles. The van der Waals surface area contributed by atoms with Crippen molar-refractivity contribution < 1.29 is 9.53 Å². The number of benzene rings is 1. The van der Waals surface area contributed by atoms with Crippen LogP contribution < -0.4 is 16.8 Å². The van der Waals surface area contributed by atoms with Gasteiger partial charge in [0, 0.05) is 44.5 Å². The van der Waals surface area contributed by atoms with Gasteiger partial charge in [0.05, 0.1) is 5.69 Å². The number of esters is 1. The molecule has 0 amide bonds. The van der Waals surface area contributed by atoms with Crippen molar-refractivity contribution in [3.63, 3.8) is 0 Å². The average molecular weight is 412 g/mol. The highest BCUT2D eigenvalue weighted by Crippen LogP contribution is 2.18.